The predicted molar refractivity (Wildman–Crippen MR) is 258 cm³/mol. The second-order valence-electron chi connectivity index (χ2n) is 18.5. The van der Waals surface area contributed by atoms with Crippen molar-refractivity contribution in [2.45, 2.75) is 244 Å². The molecule has 354 valence electrons. The highest BCUT2D eigenvalue weighted by atomic mass is 31.2. The van der Waals surface area contributed by atoms with Crippen molar-refractivity contribution in [1.82, 2.24) is 5.32 Å². The van der Waals surface area contributed by atoms with Crippen LogP contribution in [0.4, 0.5) is 0 Å². The summed E-state index contributed by atoms with van der Waals surface area (Å²) in [4.78, 5) is 23.2. The van der Waals surface area contributed by atoms with E-state index in [0.717, 1.165) is 44.9 Å². The molecule has 60 heavy (non-hydrogen) atoms. The van der Waals surface area contributed by atoms with Gasteiger partial charge in [0.2, 0.25) is 5.91 Å². The summed E-state index contributed by atoms with van der Waals surface area (Å²) in [6, 6.07) is -0.866. The third-order valence-electron chi connectivity index (χ3n) is 11.3. The number of hydrogen-bond acceptors (Lipinski definition) is 5. The summed E-state index contributed by atoms with van der Waals surface area (Å²) < 4.78 is 23.6. The first-order chi connectivity index (χ1) is 29.0. The third kappa shape index (κ3) is 44.8. The van der Waals surface area contributed by atoms with Crippen LogP contribution in [0.5, 0.6) is 0 Å². The zero-order chi connectivity index (χ0) is 44.3. The molecule has 0 spiro atoms. The van der Waals surface area contributed by atoms with E-state index in [2.05, 4.69) is 43.5 Å². The zero-order valence-corrected chi connectivity index (χ0v) is 41.1. The van der Waals surface area contributed by atoms with Crippen LogP contribution < -0.4 is 5.32 Å². The molecule has 0 aromatic carbocycles. The number of aliphatic hydroxyl groups excluding tert-OH is 1. The molecule has 0 bridgehead atoms. The normalized spacial score (nSPS) is 14.4. The predicted octanol–water partition coefficient (Wildman–Crippen LogP) is 14.6. The average molecular weight is 868 g/mol. The number of allylic oxidation sites excluding steroid dienone is 5. The largest absolute Gasteiger partial charge is 0.472 e. The zero-order valence-electron chi connectivity index (χ0n) is 40.2. The fourth-order valence-electron chi connectivity index (χ4n) is 7.31. The lowest BCUT2D eigenvalue weighted by Crippen LogP contribution is -2.45. The number of likely N-dealkylation sites (N-methyl/N-ethyl adjacent to an activating group) is 1. The van der Waals surface area contributed by atoms with Gasteiger partial charge < -0.3 is 19.8 Å². The Balaban J connectivity index is 4.37. The van der Waals surface area contributed by atoms with E-state index in [1.54, 1.807) is 6.08 Å². The van der Waals surface area contributed by atoms with Crippen molar-refractivity contribution in [3.05, 3.63) is 36.5 Å². The maximum Gasteiger partial charge on any atom is 0.472 e. The quantitative estimate of drug-likeness (QED) is 0.0244. The smallest absolute Gasteiger partial charge is 0.387 e. The van der Waals surface area contributed by atoms with Crippen molar-refractivity contribution >= 4 is 13.7 Å². The van der Waals surface area contributed by atoms with Crippen molar-refractivity contribution in [1.29, 1.82) is 0 Å². The average Bonchev–Trinajstić information content (AvgIpc) is 3.20. The molecule has 0 aromatic rings. The SMILES string of the molecule is CCCCCCCCCCCCCCC/C=C/CC/C=C/CC/C=C/C(O)C(COP(=O)(O)OCC[N+](C)(C)C)NC(=O)CCCCCCCCCCCCCCCCC. The molecular formula is C51H100N2O6P+. The van der Waals surface area contributed by atoms with Crippen molar-refractivity contribution < 1.29 is 32.9 Å². The lowest BCUT2D eigenvalue weighted by Gasteiger charge is -2.25. The number of unbranched alkanes of at least 4 members (excludes halogenated alkanes) is 29. The molecule has 3 N–H and O–H groups in total. The molecule has 0 fully saturated rings. The molecule has 0 radical (unpaired) electrons. The second kappa shape index (κ2) is 43.0. The number of amides is 1. The van der Waals surface area contributed by atoms with Gasteiger partial charge in [0.05, 0.1) is 39.9 Å². The number of carbonyl (C=O) groups excluding carboxylic acids is 1. The van der Waals surface area contributed by atoms with E-state index in [-0.39, 0.29) is 19.1 Å². The molecule has 0 saturated carbocycles. The van der Waals surface area contributed by atoms with Gasteiger partial charge in [0.1, 0.15) is 13.2 Å². The van der Waals surface area contributed by atoms with Crippen molar-refractivity contribution in [3.8, 4) is 0 Å². The molecule has 0 aliphatic carbocycles. The van der Waals surface area contributed by atoms with Crippen LogP contribution in [-0.2, 0) is 18.4 Å². The van der Waals surface area contributed by atoms with Gasteiger partial charge in [0.15, 0.2) is 0 Å². The van der Waals surface area contributed by atoms with Gasteiger partial charge in [-0.2, -0.15) is 0 Å². The molecule has 9 heteroatoms. The van der Waals surface area contributed by atoms with Gasteiger partial charge in [0, 0.05) is 6.42 Å². The lowest BCUT2D eigenvalue weighted by atomic mass is 10.0. The van der Waals surface area contributed by atoms with Crippen LogP contribution in [0, 0.1) is 0 Å². The number of quaternary nitrogens is 1. The Labute approximate surface area is 372 Å². The molecule has 1 amide bonds. The van der Waals surface area contributed by atoms with Crippen LogP contribution in [-0.4, -0.2) is 73.4 Å². The van der Waals surface area contributed by atoms with Crippen LogP contribution in [0.15, 0.2) is 36.5 Å². The summed E-state index contributed by atoms with van der Waals surface area (Å²) in [6.45, 7) is 4.80. The van der Waals surface area contributed by atoms with Crippen LogP contribution in [0.2, 0.25) is 0 Å². The molecule has 3 unspecified atom stereocenters. The molecule has 8 nitrogen and oxygen atoms in total. The van der Waals surface area contributed by atoms with Crippen LogP contribution in [0.3, 0.4) is 0 Å². The van der Waals surface area contributed by atoms with Crippen LogP contribution in [0.25, 0.3) is 0 Å². The molecule has 0 aromatic heterocycles. The van der Waals surface area contributed by atoms with E-state index in [1.807, 2.05) is 27.2 Å². The highest BCUT2D eigenvalue weighted by Crippen LogP contribution is 2.43. The van der Waals surface area contributed by atoms with E-state index in [1.165, 1.54) is 167 Å². The summed E-state index contributed by atoms with van der Waals surface area (Å²) in [5.41, 5.74) is 0. The molecule has 3 atom stereocenters. The first-order valence-corrected chi connectivity index (χ1v) is 26.9. The summed E-state index contributed by atoms with van der Waals surface area (Å²) in [6.07, 6.45) is 53.7. The molecule has 0 rings (SSSR count). The number of rotatable bonds is 46. The van der Waals surface area contributed by atoms with Gasteiger partial charge in [-0.25, -0.2) is 4.57 Å². The van der Waals surface area contributed by atoms with E-state index in [0.29, 0.717) is 17.4 Å². The van der Waals surface area contributed by atoms with Gasteiger partial charge in [-0.1, -0.05) is 217 Å². The molecule has 0 saturated heterocycles. The number of nitrogens with one attached hydrogen (secondary N) is 1. The van der Waals surface area contributed by atoms with Gasteiger partial charge >= 0.3 is 7.82 Å². The Hall–Kier alpha value is -1.28. The molecule has 0 aliphatic rings. The fraction of sp³-hybridized carbons (Fsp3) is 0.863. The molecule has 0 heterocycles. The highest BCUT2D eigenvalue weighted by Gasteiger charge is 2.27. The van der Waals surface area contributed by atoms with Crippen molar-refractivity contribution in [2.24, 2.45) is 0 Å². The van der Waals surface area contributed by atoms with Crippen LogP contribution >= 0.6 is 7.82 Å². The Morgan fingerprint density at radius 1 is 0.550 bits per heavy atom. The van der Waals surface area contributed by atoms with E-state index >= 15 is 0 Å². The number of phosphoric ester groups is 1. The number of hydrogen-bond donors (Lipinski definition) is 3. The van der Waals surface area contributed by atoms with Crippen molar-refractivity contribution in [2.75, 3.05) is 40.9 Å². The standard InChI is InChI=1S/C51H99N2O6P/c1-6-8-10-12-14-16-18-20-22-23-24-25-26-27-28-29-31-32-34-36-38-40-42-44-50(54)49(48-59-60(56,57)58-47-46-53(3,4)5)52-51(55)45-43-41-39-37-35-33-30-21-19-17-15-13-11-9-7-2/h28-29,34,36,42,44,49-50,54H,6-27,30-33,35,37-41,43,45-48H2,1-5H3,(H-,52,55,56,57)/p+1/b29-28+,36-34+,44-42+. The Kier molecular flexibility index (Phi) is 42.1. The summed E-state index contributed by atoms with van der Waals surface area (Å²) >= 11 is 0. The number of phosphoric acid groups is 1. The summed E-state index contributed by atoms with van der Waals surface area (Å²) in [5, 5.41) is 13.9. The minimum absolute atomic E-state index is 0.0548. The second-order valence-corrected chi connectivity index (χ2v) is 20.0. The van der Waals surface area contributed by atoms with Crippen molar-refractivity contribution in [3.63, 3.8) is 0 Å². The van der Waals surface area contributed by atoms with Gasteiger partial charge in [-0.15, -0.1) is 0 Å². The molecule has 0 aliphatic heterocycles. The van der Waals surface area contributed by atoms with E-state index < -0.39 is 20.0 Å². The topological polar surface area (TPSA) is 105 Å². The van der Waals surface area contributed by atoms with Crippen LogP contribution in [0.1, 0.15) is 232 Å². The highest BCUT2D eigenvalue weighted by molar-refractivity contribution is 7.47. The molecular weight excluding hydrogens is 768 g/mol. The maximum atomic E-state index is 12.9. The van der Waals surface area contributed by atoms with E-state index in [9.17, 15) is 19.4 Å². The first kappa shape index (κ1) is 58.7. The monoisotopic (exact) mass is 868 g/mol. The van der Waals surface area contributed by atoms with Gasteiger partial charge in [-0.3, -0.25) is 13.8 Å². The minimum Gasteiger partial charge on any atom is -0.387 e. The van der Waals surface area contributed by atoms with E-state index in [4.69, 9.17) is 9.05 Å². The summed E-state index contributed by atoms with van der Waals surface area (Å²) in [7, 11) is 1.55. The van der Waals surface area contributed by atoms with Gasteiger partial charge in [-0.05, 0) is 44.9 Å². The third-order valence-corrected chi connectivity index (χ3v) is 12.3. The number of aliphatic hydroxyl groups is 1. The van der Waals surface area contributed by atoms with Gasteiger partial charge in [0.25, 0.3) is 0 Å². The first-order valence-electron chi connectivity index (χ1n) is 25.4. The number of carbonyl (C=O) groups is 1. The summed E-state index contributed by atoms with van der Waals surface area (Å²) in [5.74, 6) is -0.189. The lowest BCUT2D eigenvalue weighted by molar-refractivity contribution is -0.870. The maximum absolute atomic E-state index is 12.9. The minimum atomic E-state index is -4.35. The Morgan fingerprint density at radius 2 is 0.917 bits per heavy atom. The Bertz CT molecular complexity index is 1070. The Morgan fingerprint density at radius 3 is 1.33 bits per heavy atom. The fourth-order valence-corrected chi connectivity index (χ4v) is 8.05. The number of nitrogens with zero attached hydrogens (tertiary/aromatic N) is 1.